The van der Waals surface area contributed by atoms with Crippen LogP contribution in [0.15, 0.2) is 0 Å². The summed E-state index contributed by atoms with van der Waals surface area (Å²) < 4.78 is 0. The van der Waals surface area contributed by atoms with Gasteiger partial charge in [0.05, 0.1) is 5.92 Å². The van der Waals surface area contributed by atoms with Gasteiger partial charge in [0.2, 0.25) is 5.91 Å². The average molecular weight is 283 g/mol. The molecule has 0 aromatic carbocycles. The number of amides is 3. The molecule has 2 rings (SSSR count). The third kappa shape index (κ3) is 2.86. The Hall–Kier alpha value is -1.79. The van der Waals surface area contributed by atoms with Crippen LogP contribution >= 0.6 is 0 Å². The summed E-state index contributed by atoms with van der Waals surface area (Å²) >= 11 is 0. The van der Waals surface area contributed by atoms with Crippen LogP contribution < -0.4 is 11.1 Å². The normalized spacial score (nSPS) is 25.2. The molecule has 4 N–H and O–H groups in total. The van der Waals surface area contributed by atoms with E-state index in [0.29, 0.717) is 32.2 Å². The standard InChI is InChI=1S/C13H21N3O4/c14-12(20)16-7-3-4-9(8-16)10(17)15-13(11(18)19)5-1-2-6-13/h9H,1-8H2,(H2,14,20)(H,15,17)(H,18,19). The maximum Gasteiger partial charge on any atom is 0.329 e. The fourth-order valence-electron chi connectivity index (χ4n) is 3.10. The molecule has 1 heterocycles. The number of rotatable bonds is 3. The van der Waals surface area contributed by atoms with Crippen LogP contribution in [0.5, 0.6) is 0 Å². The first-order valence-corrected chi connectivity index (χ1v) is 7.04. The molecule has 1 saturated heterocycles. The smallest absolute Gasteiger partial charge is 0.329 e. The lowest BCUT2D eigenvalue weighted by molar-refractivity contribution is -0.148. The van der Waals surface area contributed by atoms with E-state index in [-0.39, 0.29) is 18.4 Å². The second kappa shape index (κ2) is 5.68. The van der Waals surface area contributed by atoms with Crippen LogP contribution in [-0.2, 0) is 9.59 Å². The van der Waals surface area contributed by atoms with Gasteiger partial charge in [-0.2, -0.15) is 0 Å². The molecule has 2 aliphatic rings. The molecule has 1 saturated carbocycles. The van der Waals surface area contributed by atoms with Gasteiger partial charge in [-0.25, -0.2) is 9.59 Å². The molecule has 0 spiro atoms. The van der Waals surface area contributed by atoms with E-state index in [0.717, 1.165) is 12.8 Å². The zero-order valence-electron chi connectivity index (χ0n) is 11.4. The summed E-state index contributed by atoms with van der Waals surface area (Å²) in [4.78, 5) is 36.3. The van der Waals surface area contributed by atoms with Crippen LogP contribution in [0, 0.1) is 5.92 Å². The first-order chi connectivity index (χ1) is 9.44. The van der Waals surface area contributed by atoms with Crippen molar-refractivity contribution in [3.05, 3.63) is 0 Å². The summed E-state index contributed by atoms with van der Waals surface area (Å²) in [5.74, 6) is -1.61. The topological polar surface area (TPSA) is 113 Å². The van der Waals surface area contributed by atoms with Crippen molar-refractivity contribution in [1.29, 1.82) is 0 Å². The monoisotopic (exact) mass is 283 g/mol. The van der Waals surface area contributed by atoms with Gasteiger partial charge in [0.25, 0.3) is 0 Å². The van der Waals surface area contributed by atoms with Gasteiger partial charge in [0, 0.05) is 13.1 Å². The van der Waals surface area contributed by atoms with E-state index in [1.165, 1.54) is 4.90 Å². The molecular formula is C13H21N3O4. The number of hydrogen-bond acceptors (Lipinski definition) is 3. The van der Waals surface area contributed by atoms with Crippen molar-refractivity contribution < 1.29 is 19.5 Å². The zero-order valence-corrected chi connectivity index (χ0v) is 11.4. The van der Waals surface area contributed by atoms with Crippen LogP contribution in [0.4, 0.5) is 4.79 Å². The highest BCUT2D eigenvalue weighted by atomic mass is 16.4. The lowest BCUT2D eigenvalue weighted by Crippen LogP contribution is -2.56. The van der Waals surface area contributed by atoms with Crippen LogP contribution in [0.25, 0.3) is 0 Å². The molecular weight excluding hydrogens is 262 g/mol. The Bertz CT molecular complexity index is 418. The minimum absolute atomic E-state index is 0.275. The highest BCUT2D eigenvalue weighted by Gasteiger charge is 2.44. The largest absolute Gasteiger partial charge is 0.480 e. The van der Waals surface area contributed by atoms with Gasteiger partial charge in [0.1, 0.15) is 5.54 Å². The van der Waals surface area contributed by atoms with Crippen LogP contribution in [0.3, 0.4) is 0 Å². The molecule has 7 nitrogen and oxygen atoms in total. The third-order valence-electron chi connectivity index (χ3n) is 4.33. The second-order valence-corrected chi connectivity index (χ2v) is 5.71. The van der Waals surface area contributed by atoms with Gasteiger partial charge in [-0.05, 0) is 25.7 Å². The summed E-state index contributed by atoms with van der Waals surface area (Å²) in [6.07, 6.45) is 3.93. The van der Waals surface area contributed by atoms with Gasteiger partial charge >= 0.3 is 12.0 Å². The van der Waals surface area contributed by atoms with Crippen LogP contribution in [-0.4, -0.2) is 46.5 Å². The maximum atomic E-state index is 12.3. The van der Waals surface area contributed by atoms with Crippen molar-refractivity contribution in [2.24, 2.45) is 11.7 Å². The van der Waals surface area contributed by atoms with E-state index < -0.39 is 17.5 Å². The SMILES string of the molecule is NC(=O)N1CCCC(C(=O)NC2(C(=O)O)CCCC2)C1. The summed E-state index contributed by atoms with van der Waals surface area (Å²) in [7, 11) is 0. The number of carbonyl (C=O) groups is 3. The molecule has 3 amide bonds. The molecule has 7 heteroatoms. The molecule has 2 fully saturated rings. The summed E-state index contributed by atoms with van der Waals surface area (Å²) in [5, 5.41) is 12.1. The number of nitrogens with zero attached hydrogens (tertiary/aromatic N) is 1. The lowest BCUT2D eigenvalue weighted by atomic mass is 9.93. The molecule has 0 bridgehead atoms. The molecule has 0 aromatic heterocycles. The van der Waals surface area contributed by atoms with Crippen molar-refractivity contribution in [1.82, 2.24) is 10.2 Å². The Morgan fingerprint density at radius 3 is 2.40 bits per heavy atom. The number of nitrogens with one attached hydrogen (secondary N) is 1. The number of carbonyl (C=O) groups excluding carboxylic acids is 2. The van der Waals surface area contributed by atoms with E-state index in [9.17, 15) is 19.5 Å². The van der Waals surface area contributed by atoms with Gasteiger partial charge in [-0.3, -0.25) is 4.79 Å². The van der Waals surface area contributed by atoms with Crippen molar-refractivity contribution in [3.63, 3.8) is 0 Å². The maximum absolute atomic E-state index is 12.3. The third-order valence-corrected chi connectivity index (χ3v) is 4.33. The summed E-state index contributed by atoms with van der Waals surface area (Å²) in [6, 6.07) is -0.531. The lowest BCUT2D eigenvalue weighted by Gasteiger charge is -2.33. The minimum atomic E-state index is -1.12. The number of nitrogens with two attached hydrogens (primary N) is 1. The van der Waals surface area contributed by atoms with E-state index in [4.69, 9.17) is 5.73 Å². The van der Waals surface area contributed by atoms with Crippen LogP contribution in [0.1, 0.15) is 38.5 Å². The molecule has 1 aliphatic carbocycles. The van der Waals surface area contributed by atoms with Crippen molar-refractivity contribution in [3.8, 4) is 0 Å². The quantitative estimate of drug-likeness (QED) is 0.691. The highest BCUT2D eigenvalue weighted by molar-refractivity contribution is 5.88. The Morgan fingerprint density at radius 2 is 1.85 bits per heavy atom. The zero-order chi connectivity index (χ0) is 14.8. The number of likely N-dealkylation sites (tertiary alicyclic amines) is 1. The Kier molecular flexibility index (Phi) is 4.15. The molecule has 20 heavy (non-hydrogen) atoms. The highest BCUT2D eigenvalue weighted by Crippen LogP contribution is 2.30. The molecule has 1 unspecified atom stereocenters. The predicted molar refractivity (Wildman–Crippen MR) is 70.9 cm³/mol. The molecule has 1 atom stereocenters. The number of carboxylic acids is 1. The summed E-state index contributed by atoms with van der Waals surface area (Å²) in [6.45, 7) is 0.833. The first kappa shape index (κ1) is 14.6. The Balaban J connectivity index is 2.00. The molecule has 1 aliphatic heterocycles. The number of aliphatic carboxylic acids is 1. The van der Waals surface area contributed by atoms with Crippen LogP contribution in [0.2, 0.25) is 0 Å². The van der Waals surface area contributed by atoms with E-state index in [1.807, 2.05) is 0 Å². The van der Waals surface area contributed by atoms with Crippen molar-refractivity contribution >= 4 is 17.9 Å². The fraction of sp³-hybridized carbons (Fsp3) is 0.769. The molecule has 0 aromatic rings. The van der Waals surface area contributed by atoms with E-state index >= 15 is 0 Å². The van der Waals surface area contributed by atoms with Gasteiger partial charge in [0.15, 0.2) is 0 Å². The minimum Gasteiger partial charge on any atom is -0.480 e. The first-order valence-electron chi connectivity index (χ1n) is 7.04. The van der Waals surface area contributed by atoms with Crippen molar-refractivity contribution in [2.45, 2.75) is 44.1 Å². The number of urea groups is 1. The van der Waals surface area contributed by atoms with Crippen molar-refractivity contribution in [2.75, 3.05) is 13.1 Å². The van der Waals surface area contributed by atoms with E-state index in [1.54, 1.807) is 0 Å². The van der Waals surface area contributed by atoms with Gasteiger partial charge < -0.3 is 21.1 Å². The van der Waals surface area contributed by atoms with E-state index in [2.05, 4.69) is 5.32 Å². The predicted octanol–water partition coefficient (Wildman–Crippen LogP) is 0.291. The molecule has 112 valence electrons. The number of hydrogen-bond donors (Lipinski definition) is 3. The van der Waals surface area contributed by atoms with Gasteiger partial charge in [-0.1, -0.05) is 12.8 Å². The Morgan fingerprint density at radius 1 is 1.20 bits per heavy atom. The molecule has 0 radical (unpaired) electrons. The number of piperidine rings is 1. The number of carboxylic acid groups (broad SMARTS) is 1. The number of primary amides is 1. The van der Waals surface area contributed by atoms with Gasteiger partial charge in [-0.15, -0.1) is 0 Å². The fourth-order valence-corrected chi connectivity index (χ4v) is 3.10. The Labute approximate surface area is 117 Å². The summed E-state index contributed by atoms with van der Waals surface area (Å²) in [5.41, 5.74) is 4.11. The average Bonchev–Trinajstić information content (AvgIpc) is 2.88. The second-order valence-electron chi connectivity index (χ2n) is 5.71.